The van der Waals surface area contributed by atoms with Gasteiger partial charge in [-0.1, -0.05) is 34.8 Å². The molecule has 1 rings (SSSR count). The number of nitrogens with zero attached hydrogens (tertiary/aromatic N) is 4. The van der Waals surface area contributed by atoms with Gasteiger partial charge in [0.2, 0.25) is 15.7 Å². The lowest BCUT2D eigenvalue weighted by Gasteiger charge is -2.20. The molecule has 102 valence electrons. The number of rotatable bonds is 5. The van der Waals surface area contributed by atoms with Gasteiger partial charge in [0.05, 0.1) is 0 Å². The first kappa shape index (κ1) is 15.5. The summed E-state index contributed by atoms with van der Waals surface area (Å²) < 4.78 is -1.66. The van der Waals surface area contributed by atoms with Gasteiger partial charge in [-0.2, -0.15) is 15.0 Å². The molecule has 0 amide bonds. The molecule has 0 saturated carbocycles. The molecule has 1 aromatic heterocycles. The van der Waals surface area contributed by atoms with Crippen molar-refractivity contribution in [3.8, 4) is 0 Å². The van der Waals surface area contributed by atoms with Crippen LogP contribution in [0.2, 0.25) is 0 Å². The summed E-state index contributed by atoms with van der Waals surface area (Å²) in [6, 6.07) is 0. The average Bonchev–Trinajstić information content (AvgIpc) is 2.29. The van der Waals surface area contributed by atoms with Crippen LogP contribution in [0.25, 0.3) is 0 Å². The second-order valence-corrected chi connectivity index (χ2v) is 5.76. The van der Waals surface area contributed by atoms with Crippen molar-refractivity contribution in [2.45, 2.75) is 24.6 Å². The Morgan fingerprint density at radius 2 is 1.67 bits per heavy atom. The van der Waals surface area contributed by atoms with E-state index >= 15 is 0 Å². The van der Waals surface area contributed by atoms with Crippen molar-refractivity contribution in [3.05, 3.63) is 5.82 Å². The fraction of sp³-hybridized carbons (Fsp3) is 0.700. The molecule has 18 heavy (non-hydrogen) atoms. The summed E-state index contributed by atoms with van der Waals surface area (Å²) in [6.45, 7) is 8.18. The Morgan fingerprint density at radius 3 is 2.11 bits per heavy atom. The Balaban J connectivity index is 3.21. The van der Waals surface area contributed by atoms with Crippen LogP contribution in [0, 0.1) is 0 Å². The summed E-state index contributed by atoms with van der Waals surface area (Å²) in [4.78, 5) is 14.5. The minimum absolute atomic E-state index is 0.125. The molecule has 0 atom stereocenters. The van der Waals surface area contributed by atoms with Crippen LogP contribution < -0.4 is 10.2 Å². The SMILES string of the molecule is CCNc1nc(N(CC)CC)nc(C(Cl)(Cl)Cl)n1. The molecule has 0 fully saturated rings. The van der Waals surface area contributed by atoms with E-state index in [2.05, 4.69) is 20.3 Å². The van der Waals surface area contributed by atoms with E-state index in [-0.39, 0.29) is 5.82 Å². The number of aromatic nitrogens is 3. The van der Waals surface area contributed by atoms with E-state index in [1.807, 2.05) is 25.7 Å². The van der Waals surface area contributed by atoms with Gasteiger partial charge < -0.3 is 10.2 Å². The van der Waals surface area contributed by atoms with Crippen molar-refractivity contribution in [2.75, 3.05) is 29.9 Å². The van der Waals surface area contributed by atoms with Gasteiger partial charge in [0.15, 0.2) is 5.82 Å². The standard InChI is InChI=1S/C10H16Cl3N5/c1-4-14-8-15-7(10(11,12)13)16-9(17-8)18(5-2)6-3/h4-6H2,1-3H3,(H,14,15,16,17). The van der Waals surface area contributed by atoms with Crippen LogP contribution in [0.1, 0.15) is 26.6 Å². The van der Waals surface area contributed by atoms with Gasteiger partial charge in [0, 0.05) is 19.6 Å². The largest absolute Gasteiger partial charge is 0.354 e. The topological polar surface area (TPSA) is 53.9 Å². The Hall–Kier alpha value is -0.520. The zero-order chi connectivity index (χ0) is 13.8. The molecule has 0 spiro atoms. The minimum Gasteiger partial charge on any atom is -0.354 e. The van der Waals surface area contributed by atoms with Crippen molar-refractivity contribution >= 4 is 46.7 Å². The van der Waals surface area contributed by atoms with Gasteiger partial charge >= 0.3 is 0 Å². The molecule has 0 bridgehead atoms. The summed E-state index contributed by atoms with van der Waals surface area (Å²) in [6.07, 6.45) is 0. The second-order valence-electron chi connectivity index (χ2n) is 3.48. The normalized spacial score (nSPS) is 11.4. The van der Waals surface area contributed by atoms with E-state index in [4.69, 9.17) is 34.8 Å². The predicted octanol–water partition coefficient (Wildman–Crippen LogP) is 2.98. The number of nitrogens with one attached hydrogen (secondary N) is 1. The quantitative estimate of drug-likeness (QED) is 0.847. The predicted molar refractivity (Wildman–Crippen MR) is 76.8 cm³/mol. The Morgan fingerprint density at radius 1 is 1.06 bits per heavy atom. The number of hydrogen-bond acceptors (Lipinski definition) is 5. The summed E-state index contributed by atoms with van der Waals surface area (Å²) >= 11 is 17.5. The first-order chi connectivity index (χ1) is 8.42. The first-order valence-electron chi connectivity index (χ1n) is 5.74. The van der Waals surface area contributed by atoms with Gasteiger partial charge in [-0.15, -0.1) is 0 Å². The summed E-state index contributed by atoms with van der Waals surface area (Å²) in [5.41, 5.74) is 0. The molecule has 0 aromatic carbocycles. The molecular weight excluding hydrogens is 297 g/mol. The van der Waals surface area contributed by atoms with Crippen LogP contribution in [0.3, 0.4) is 0 Å². The van der Waals surface area contributed by atoms with Crippen LogP contribution in [0.4, 0.5) is 11.9 Å². The Bertz CT molecular complexity index is 390. The van der Waals surface area contributed by atoms with Crippen molar-refractivity contribution in [1.29, 1.82) is 0 Å². The fourth-order valence-corrected chi connectivity index (χ4v) is 1.63. The van der Waals surface area contributed by atoms with E-state index in [9.17, 15) is 0 Å². The summed E-state index contributed by atoms with van der Waals surface area (Å²) in [5, 5.41) is 3.00. The lowest BCUT2D eigenvalue weighted by Crippen LogP contribution is -2.26. The molecule has 0 aliphatic carbocycles. The smallest absolute Gasteiger partial charge is 0.250 e. The van der Waals surface area contributed by atoms with Crippen LogP contribution in [0.5, 0.6) is 0 Å². The Labute approximate surface area is 122 Å². The molecular formula is C10H16Cl3N5. The van der Waals surface area contributed by atoms with E-state index < -0.39 is 3.79 Å². The minimum atomic E-state index is -1.66. The zero-order valence-corrected chi connectivity index (χ0v) is 12.8. The molecule has 1 aromatic rings. The maximum atomic E-state index is 5.83. The molecule has 0 saturated heterocycles. The first-order valence-corrected chi connectivity index (χ1v) is 6.87. The number of hydrogen-bond donors (Lipinski definition) is 1. The second kappa shape index (κ2) is 6.59. The van der Waals surface area contributed by atoms with Gasteiger partial charge in [-0.05, 0) is 20.8 Å². The highest BCUT2D eigenvalue weighted by Crippen LogP contribution is 2.36. The molecule has 0 unspecified atom stereocenters. The third kappa shape index (κ3) is 4.00. The van der Waals surface area contributed by atoms with Crippen molar-refractivity contribution in [1.82, 2.24) is 15.0 Å². The van der Waals surface area contributed by atoms with Crippen LogP contribution in [0.15, 0.2) is 0 Å². The molecule has 5 nitrogen and oxygen atoms in total. The molecule has 0 radical (unpaired) electrons. The summed E-state index contributed by atoms with van der Waals surface area (Å²) in [5.74, 6) is 1.04. The van der Waals surface area contributed by atoms with Gasteiger partial charge in [-0.25, -0.2) is 0 Å². The molecule has 8 heteroatoms. The fourth-order valence-electron chi connectivity index (χ4n) is 1.38. The van der Waals surface area contributed by atoms with E-state index in [1.165, 1.54) is 0 Å². The monoisotopic (exact) mass is 311 g/mol. The van der Waals surface area contributed by atoms with E-state index in [0.717, 1.165) is 13.1 Å². The van der Waals surface area contributed by atoms with Crippen molar-refractivity contribution < 1.29 is 0 Å². The van der Waals surface area contributed by atoms with E-state index in [0.29, 0.717) is 18.4 Å². The van der Waals surface area contributed by atoms with Crippen molar-refractivity contribution in [2.24, 2.45) is 0 Å². The van der Waals surface area contributed by atoms with E-state index in [1.54, 1.807) is 0 Å². The maximum absolute atomic E-state index is 5.83. The average molecular weight is 313 g/mol. The molecule has 1 heterocycles. The lowest BCUT2D eigenvalue weighted by atomic mass is 10.5. The molecule has 0 aliphatic rings. The van der Waals surface area contributed by atoms with Crippen LogP contribution in [-0.2, 0) is 3.79 Å². The third-order valence-electron chi connectivity index (χ3n) is 2.26. The third-order valence-corrected chi connectivity index (χ3v) is 2.77. The highest BCUT2D eigenvalue weighted by Gasteiger charge is 2.28. The van der Waals surface area contributed by atoms with Gasteiger partial charge in [0.1, 0.15) is 0 Å². The highest BCUT2D eigenvalue weighted by molar-refractivity contribution is 6.66. The highest BCUT2D eigenvalue weighted by atomic mass is 35.6. The van der Waals surface area contributed by atoms with Crippen LogP contribution in [-0.4, -0.2) is 34.6 Å². The molecule has 0 aliphatic heterocycles. The van der Waals surface area contributed by atoms with Gasteiger partial charge in [-0.3, -0.25) is 0 Å². The summed E-state index contributed by atoms with van der Waals surface area (Å²) in [7, 11) is 0. The zero-order valence-electron chi connectivity index (χ0n) is 10.5. The number of anilines is 2. The maximum Gasteiger partial charge on any atom is 0.250 e. The Kier molecular flexibility index (Phi) is 5.69. The van der Waals surface area contributed by atoms with Crippen molar-refractivity contribution in [3.63, 3.8) is 0 Å². The van der Waals surface area contributed by atoms with Crippen LogP contribution >= 0.6 is 34.8 Å². The molecule has 1 N–H and O–H groups in total. The number of alkyl halides is 3. The number of halogens is 3. The van der Waals surface area contributed by atoms with Gasteiger partial charge in [0.25, 0.3) is 0 Å². The lowest BCUT2D eigenvalue weighted by molar-refractivity contribution is 0.792.